The lowest BCUT2D eigenvalue weighted by atomic mass is 10.3. The number of halogens is 2. The second kappa shape index (κ2) is 5.37. The van der Waals surface area contributed by atoms with E-state index in [4.69, 9.17) is 45.3 Å². The van der Waals surface area contributed by atoms with Gasteiger partial charge in [0.2, 0.25) is 0 Å². The first-order valence-electron chi connectivity index (χ1n) is 4.89. The molecule has 17 heavy (non-hydrogen) atoms. The highest BCUT2D eigenvalue weighted by molar-refractivity contribution is 7.71. The number of aromatic amines is 1. The Morgan fingerprint density at radius 1 is 1.35 bits per heavy atom. The monoisotopic (exact) mass is 292 g/mol. The minimum Gasteiger partial charge on any atom is -0.394 e. The molecule has 1 aromatic carbocycles. The lowest BCUT2D eigenvalue weighted by Crippen LogP contribution is -2.05. The molecule has 0 bridgehead atoms. The summed E-state index contributed by atoms with van der Waals surface area (Å²) in [5.41, 5.74) is 1.62. The van der Waals surface area contributed by atoms with Crippen molar-refractivity contribution in [2.75, 3.05) is 13.2 Å². The zero-order valence-electron chi connectivity index (χ0n) is 8.74. The Bertz CT molecular complexity index is 594. The number of nitrogens with zero attached hydrogens (tertiary/aromatic N) is 1. The number of benzene rings is 1. The molecule has 0 radical (unpaired) electrons. The number of aliphatic hydroxyl groups is 1. The number of ether oxygens (including phenoxy) is 1. The fraction of sp³-hybridized carbons (Fsp3) is 0.300. The van der Waals surface area contributed by atoms with Crippen molar-refractivity contribution < 1.29 is 9.84 Å². The Morgan fingerprint density at radius 2 is 2.06 bits per heavy atom. The van der Waals surface area contributed by atoms with Crippen molar-refractivity contribution in [1.29, 1.82) is 0 Å². The van der Waals surface area contributed by atoms with Gasteiger partial charge in [-0.2, -0.15) is 0 Å². The standard InChI is InChI=1S/C10H10Cl2N2O2S/c11-6-3-8-9(4-7(6)12)14(10(17)13-8)5-16-2-1-15/h3-4,15H,1-2,5H2,(H,13,17). The Balaban J connectivity index is 2.44. The summed E-state index contributed by atoms with van der Waals surface area (Å²) in [7, 11) is 0. The zero-order valence-corrected chi connectivity index (χ0v) is 11.1. The smallest absolute Gasteiger partial charge is 0.180 e. The summed E-state index contributed by atoms with van der Waals surface area (Å²) in [5.74, 6) is 0. The van der Waals surface area contributed by atoms with Crippen LogP contribution in [-0.2, 0) is 11.5 Å². The van der Waals surface area contributed by atoms with Crippen LogP contribution >= 0.6 is 35.4 Å². The third-order valence-electron chi connectivity index (χ3n) is 2.27. The molecular weight excluding hydrogens is 283 g/mol. The Morgan fingerprint density at radius 3 is 2.76 bits per heavy atom. The fourth-order valence-corrected chi connectivity index (χ4v) is 2.08. The molecule has 4 nitrogen and oxygen atoms in total. The number of H-pyrrole nitrogens is 1. The number of hydrogen-bond donors (Lipinski definition) is 2. The summed E-state index contributed by atoms with van der Waals surface area (Å²) in [6.07, 6.45) is 0. The van der Waals surface area contributed by atoms with E-state index in [0.29, 0.717) is 14.8 Å². The summed E-state index contributed by atoms with van der Waals surface area (Å²) in [6.45, 7) is 0.495. The number of fused-ring (bicyclic) bond motifs is 1. The van der Waals surface area contributed by atoms with Crippen LogP contribution < -0.4 is 0 Å². The van der Waals surface area contributed by atoms with E-state index in [9.17, 15) is 0 Å². The molecule has 1 aromatic heterocycles. The molecule has 7 heteroatoms. The normalized spacial score (nSPS) is 11.2. The second-order valence-electron chi connectivity index (χ2n) is 3.40. The Hall–Kier alpha value is -0.590. The summed E-state index contributed by atoms with van der Waals surface area (Å²) < 4.78 is 7.51. The largest absolute Gasteiger partial charge is 0.394 e. The number of aromatic nitrogens is 2. The van der Waals surface area contributed by atoms with Gasteiger partial charge in [0.15, 0.2) is 4.77 Å². The first kappa shape index (κ1) is 12.9. The van der Waals surface area contributed by atoms with Crippen LogP contribution in [0.5, 0.6) is 0 Å². The van der Waals surface area contributed by atoms with Gasteiger partial charge in [-0.3, -0.25) is 4.57 Å². The van der Waals surface area contributed by atoms with E-state index in [1.54, 1.807) is 16.7 Å². The van der Waals surface area contributed by atoms with E-state index in [2.05, 4.69) is 4.98 Å². The van der Waals surface area contributed by atoms with Gasteiger partial charge in [-0.05, 0) is 24.4 Å². The molecule has 0 saturated heterocycles. The molecule has 0 saturated carbocycles. The number of imidazole rings is 1. The molecule has 0 aliphatic heterocycles. The van der Waals surface area contributed by atoms with Gasteiger partial charge in [0.25, 0.3) is 0 Å². The molecule has 2 aromatic rings. The highest BCUT2D eigenvalue weighted by Crippen LogP contribution is 2.27. The molecule has 92 valence electrons. The molecular formula is C10H10Cl2N2O2S. The molecule has 0 spiro atoms. The number of aliphatic hydroxyl groups excluding tert-OH is 1. The molecule has 0 unspecified atom stereocenters. The van der Waals surface area contributed by atoms with Crippen LogP contribution in [0, 0.1) is 4.77 Å². The number of hydrogen-bond acceptors (Lipinski definition) is 3. The van der Waals surface area contributed by atoms with Gasteiger partial charge in [0.1, 0.15) is 6.73 Å². The summed E-state index contributed by atoms with van der Waals surface area (Å²) in [5, 5.41) is 9.58. The minimum atomic E-state index is -0.0255. The van der Waals surface area contributed by atoms with Crippen molar-refractivity contribution in [3.05, 3.63) is 26.9 Å². The van der Waals surface area contributed by atoms with Crippen molar-refractivity contribution in [1.82, 2.24) is 9.55 Å². The summed E-state index contributed by atoms with van der Waals surface area (Å²) >= 11 is 17.0. The summed E-state index contributed by atoms with van der Waals surface area (Å²) in [4.78, 5) is 3.01. The van der Waals surface area contributed by atoms with Gasteiger partial charge in [-0.15, -0.1) is 0 Å². The van der Waals surface area contributed by atoms with Crippen molar-refractivity contribution >= 4 is 46.5 Å². The van der Waals surface area contributed by atoms with Crippen LogP contribution in [0.4, 0.5) is 0 Å². The average Bonchev–Trinajstić information content (AvgIpc) is 2.57. The highest BCUT2D eigenvalue weighted by Gasteiger charge is 2.07. The van der Waals surface area contributed by atoms with Gasteiger partial charge in [-0.25, -0.2) is 0 Å². The van der Waals surface area contributed by atoms with E-state index in [0.717, 1.165) is 11.0 Å². The van der Waals surface area contributed by atoms with E-state index in [1.165, 1.54) is 0 Å². The zero-order chi connectivity index (χ0) is 12.4. The maximum absolute atomic E-state index is 8.65. The molecule has 0 fully saturated rings. The van der Waals surface area contributed by atoms with Crippen LogP contribution in [0.25, 0.3) is 11.0 Å². The van der Waals surface area contributed by atoms with Crippen molar-refractivity contribution in [2.24, 2.45) is 0 Å². The van der Waals surface area contributed by atoms with Gasteiger partial charge >= 0.3 is 0 Å². The second-order valence-corrected chi connectivity index (χ2v) is 4.60. The lowest BCUT2D eigenvalue weighted by molar-refractivity contribution is 0.0495. The fourth-order valence-electron chi connectivity index (χ4n) is 1.50. The molecule has 2 N–H and O–H groups in total. The maximum atomic E-state index is 8.65. The van der Waals surface area contributed by atoms with Gasteiger partial charge in [-0.1, -0.05) is 23.2 Å². The number of rotatable bonds is 4. The van der Waals surface area contributed by atoms with Crippen molar-refractivity contribution in [3.63, 3.8) is 0 Å². The van der Waals surface area contributed by atoms with Crippen LogP contribution in [0.15, 0.2) is 12.1 Å². The molecule has 1 heterocycles. The molecule has 0 amide bonds. The molecule has 2 rings (SSSR count). The lowest BCUT2D eigenvalue weighted by Gasteiger charge is -2.05. The van der Waals surface area contributed by atoms with Crippen molar-refractivity contribution in [2.45, 2.75) is 6.73 Å². The van der Waals surface area contributed by atoms with E-state index < -0.39 is 0 Å². The first-order valence-corrected chi connectivity index (χ1v) is 6.06. The predicted molar refractivity (Wildman–Crippen MR) is 70.2 cm³/mol. The molecule has 0 aliphatic rings. The highest BCUT2D eigenvalue weighted by atomic mass is 35.5. The Labute approximate surface area is 113 Å². The van der Waals surface area contributed by atoms with Crippen LogP contribution in [0.1, 0.15) is 0 Å². The van der Waals surface area contributed by atoms with Crippen LogP contribution in [0.3, 0.4) is 0 Å². The minimum absolute atomic E-state index is 0.0255. The van der Waals surface area contributed by atoms with Crippen LogP contribution in [0.2, 0.25) is 10.0 Å². The third kappa shape index (κ3) is 2.64. The SMILES string of the molecule is OCCOCn1c(=S)[nH]c2cc(Cl)c(Cl)cc21. The molecule has 0 aliphatic carbocycles. The van der Waals surface area contributed by atoms with Gasteiger partial charge in [0, 0.05) is 0 Å². The Kier molecular flexibility index (Phi) is 4.06. The van der Waals surface area contributed by atoms with E-state index >= 15 is 0 Å². The van der Waals surface area contributed by atoms with E-state index in [1.807, 2.05) is 0 Å². The summed E-state index contributed by atoms with van der Waals surface area (Å²) in [6, 6.07) is 3.45. The first-order chi connectivity index (χ1) is 8.13. The van der Waals surface area contributed by atoms with Gasteiger partial charge < -0.3 is 14.8 Å². The number of nitrogens with one attached hydrogen (secondary N) is 1. The molecule has 0 atom stereocenters. The van der Waals surface area contributed by atoms with E-state index in [-0.39, 0.29) is 19.9 Å². The quantitative estimate of drug-likeness (QED) is 0.673. The van der Waals surface area contributed by atoms with Gasteiger partial charge in [0.05, 0.1) is 34.3 Å². The average molecular weight is 293 g/mol. The third-order valence-corrected chi connectivity index (χ3v) is 3.32. The van der Waals surface area contributed by atoms with Crippen LogP contribution in [-0.4, -0.2) is 27.9 Å². The maximum Gasteiger partial charge on any atom is 0.180 e. The van der Waals surface area contributed by atoms with Crippen molar-refractivity contribution in [3.8, 4) is 0 Å². The topological polar surface area (TPSA) is 50.2 Å². The predicted octanol–water partition coefficient (Wildman–Crippen LogP) is 2.97.